The van der Waals surface area contributed by atoms with Crippen LogP contribution in [0, 0.1) is 5.51 Å². The number of thiazole rings is 1. The van der Waals surface area contributed by atoms with Crippen LogP contribution in [0.15, 0.2) is 5.38 Å². The van der Waals surface area contributed by atoms with Crippen LogP contribution in [-0.2, 0) is 0 Å². The maximum absolute atomic E-state index is 11.1. The number of nitrogens with zero attached hydrogens (tertiary/aromatic N) is 1. The van der Waals surface area contributed by atoms with Gasteiger partial charge >= 0.3 is 0 Å². The summed E-state index contributed by atoms with van der Waals surface area (Å²) >= 11 is 1.30. The molecule has 1 radical (unpaired) electrons. The Morgan fingerprint density at radius 1 is 1.82 bits per heavy atom. The van der Waals surface area contributed by atoms with Crippen LogP contribution >= 0.6 is 11.3 Å². The number of hydrogen-bond acceptors (Lipinski definition) is 3. The molecule has 0 aliphatic heterocycles. The summed E-state index contributed by atoms with van der Waals surface area (Å²) in [5.74, 6) is -0.127. The van der Waals surface area contributed by atoms with Gasteiger partial charge < -0.3 is 5.32 Å². The summed E-state index contributed by atoms with van der Waals surface area (Å²) in [5.41, 5.74) is 3.06. The molecule has 0 atom stereocenters. The van der Waals surface area contributed by atoms with E-state index in [-0.39, 0.29) is 11.9 Å². The van der Waals surface area contributed by atoms with E-state index in [2.05, 4.69) is 15.8 Å². The number of carbonyl (C=O) groups excluding carboxylic acids is 1. The van der Waals surface area contributed by atoms with Crippen LogP contribution < -0.4 is 5.32 Å². The topological polar surface area (TPSA) is 42.0 Å². The first-order valence-electron chi connectivity index (χ1n) is 3.32. The van der Waals surface area contributed by atoms with Crippen molar-refractivity contribution in [2.24, 2.45) is 0 Å². The molecular weight excluding hydrogens is 160 g/mol. The van der Waals surface area contributed by atoms with Crippen molar-refractivity contribution in [3.8, 4) is 0 Å². The molecule has 0 unspecified atom stereocenters. The van der Waals surface area contributed by atoms with Gasteiger partial charge in [-0.25, -0.2) is 4.98 Å². The van der Waals surface area contributed by atoms with E-state index in [1.54, 1.807) is 5.38 Å². The molecule has 4 heteroatoms. The Kier molecular flexibility index (Phi) is 2.59. The summed E-state index contributed by atoms with van der Waals surface area (Å²) < 4.78 is 0. The molecule has 0 saturated carbocycles. The lowest BCUT2D eigenvalue weighted by molar-refractivity contribution is 0.0939. The number of rotatable bonds is 2. The molecule has 1 rings (SSSR count). The van der Waals surface area contributed by atoms with Gasteiger partial charge in [0.2, 0.25) is 0 Å². The zero-order valence-electron chi connectivity index (χ0n) is 6.42. The van der Waals surface area contributed by atoms with Crippen molar-refractivity contribution >= 4 is 17.2 Å². The number of amides is 1. The standard InChI is InChI=1S/C7H9N2OS/c1-5(2)9-7(10)6-3-11-4-8-6/h3,5H,1-2H3,(H,9,10). The molecule has 0 bridgehead atoms. The van der Waals surface area contributed by atoms with E-state index in [9.17, 15) is 4.79 Å². The van der Waals surface area contributed by atoms with E-state index in [0.717, 1.165) is 0 Å². The molecule has 0 aliphatic rings. The Bertz CT molecular complexity index is 231. The SMILES string of the molecule is CC(C)NC(=O)c1cs[c]n1. The van der Waals surface area contributed by atoms with Gasteiger partial charge in [0.25, 0.3) is 5.91 Å². The third-order valence-electron chi connectivity index (χ3n) is 1.04. The van der Waals surface area contributed by atoms with E-state index >= 15 is 0 Å². The van der Waals surface area contributed by atoms with Gasteiger partial charge in [-0.05, 0) is 13.8 Å². The lowest BCUT2D eigenvalue weighted by Crippen LogP contribution is -2.30. The Hall–Kier alpha value is -0.900. The molecule has 3 nitrogen and oxygen atoms in total. The summed E-state index contributed by atoms with van der Waals surface area (Å²) in [5, 5.41) is 4.41. The Balaban J connectivity index is 2.57. The Morgan fingerprint density at radius 2 is 2.55 bits per heavy atom. The van der Waals surface area contributed by atoms with Gasteiger partial charge in [-0.3, -0.25) is 4.79 Å². The molecule has 1 aromatic heterocycles. The fraction of sp³-hybridized carbons (Fsp3) is 0.429. The number of aromatic nitrogens is 1. The van der Waals surface area contributed by atoms with E-state index in [1.165, 1.54) is 11.3 Å². The average molecular weight is 169 g/mol. The highest BCUT2D eigenvalue weighted by molar-refractivity contribution is 7.07. The van der Waals surface area contributed by atoms with Crippen LogP contribution in [-0.4, -0.2) is 16.9 Å². The highest BCUT2D eigenvalue weighted by Gasteiger charge is 2.07. The minimum absolute atomic E-state index is 0.127. The van der Waals surface area contributed by atoms with Crippen molar-refractivity contribution in [2.45, 2.75) is 19.9 Å². The van der Waals surface area contributed by atoms with E-state index < -0.39 is 0 Å². The molecule has 1 amide bonds. The van der Waals surface area contributed by atoms with Gasteiger partial charge in [-0.1, -0.05) is 0 Å². The van der Waals surface area contributed by atoms with Crippen LogP contribution in [0.1, 0.15) is 24.3 Å². The number of hydrogen-bond donors (Lipinski definition) is 1. The maximum Gasteiger partial charge on any atom is 0.270 e. The third kappa shape index (κ3) is 2.31. The van der Waals surface area contributed by atoms with Crippen LogP contribution in [0.3, 0.4) is 0 Å². The predicted molar refractivity (Wildman–Crippen MR) is 43.6 cm³/mol. The summed E-state index contributed by atoms with van der Waals surface area (Å²) in [7, 11) is 0. The lowest BCUT2D eigenvalue weighted by atomic mass is 10.3. The van der Waals surface area contributed by atoms with Crippen LogP contribution in [0.4, 0.5) is 0 Å². The van der Waals surface area contributed by atoms with Gasteiger partial charge in [0.1, 0.15) is 5.69 Å². The van der Waals surface area contributed by atoms with Crippen molar-refractivity contribution in [3.63, 3.8) is 0 Å². The largest absolute Gasteiger partial charge is 0.349 e. The van der Waals surface area contributed by atoms with Crippen molar-refractivity contribution in [2.75, 3.05) is 0 Å². The first-order valence-corrected chi connectivity index (χ1v) is 4.20. The minimum Gasteiger partial charge on any atom is -0.349 e. The molecular formula is C7H9N2OS. The fourth-order valence-electron chi connectivity index (χ4n) is 0.624. The zero-order valence-corrected chi connectivity index (χ0v) is 7.23. The predicted octanol–water partition coefficient (Wildman–Crippen LogP) is 1.08. The summed E-state index contributed by atoms with van der Waals surface area (Å²) in [6, 6.07) is 0.157. The van der Waals surface area contributed by atoms with Crippen molar-refractivity contribution in [1.29, 1.82) is 0 Å². The average Bonchev–Trinajstić information content (AvgIpc) is 2.35. The fourth-order valence-corrected chi connectivity index (χ4v) is 1.10. The van der Waals surface area contributed by atoms with Gasteiger partial charge in [0.15, 0.2) is 5.51 Å². The quantitative estimate of drug-likeness (QED) is 0.719. The van der Waals surface area contributed by atoms with Crippen molar-refractivity contribution in [1.82, 2.24) is 10.3 Å². The third-order valence-corrected chi connectivity index (χ3v) is 1.58. The molecule has 0 spiro atoms. The van der Waals surface area contributed by atoms with Crippen LogP contribution in [0.25, 0.3) is 0 Å². The first kappa shape index (κ1) is 8.20. The molecule has 1 aromatic rings. The molecule has 11 heavy (non-hydrogen) atoms. The molecule has 1 N–H and O–H groups in total. The van der Waals surface area contributed by atoms with Gasteiger partial charge in [0.05, 0.1) is 0 Å². The molecule has 0 saturated heterocycles. The second-order valence-corrected chi connectivity index (χ2v) is 3.11. The summed E-state index contributed by atoms with van der Waals surface area (Å²) in [6.07, 6.45) is 0. The smallest absolute Gasteiger partial charge is 0.270 e. The summed E-state index contributed by atoms with van der Waals surface area (Å²) in [6.45, 7) is 3.82. The highest BCUT2D eigenvalue weighted by atomic mass is 32.1. The molecule has 59 valence electrons. The maximum atomic E-state index is 11.1. The highest BCUT2D eigenvalue weighted by Crippen LogP contribution is 1.99. The van der Waals surface area contributed by atoms with Gasteiger partial charge in [-0.15, -0.1) is 11.3 Å². The molecule has 0 aliphatic carbocycles. The monoisotopic (exact) mass is 169 g/mol. The number of carbonyl (C=O) groups is 1. The molecule has 1 heterocycles. The van der Waals surface area contributed by atoms with E-state index in [0.29, 0.717) is 5.69 Å². The molecule has 0 aromatic carbocycles. The zero-order chi connectivity index (χ0) is 8.27. The second-order valence-electron chi connectivity index (χ2n) is 2.45. The Labute approximate surface area is 69.5 Å². The number of nitrogens with one attached hydrogen (secondary N) is 1. The Morgan fingerprint density at radius 3 is 3.00 bits per heavy atom. The second kappa shape index (κ2) is 3.48. The van der Waals surface area contributed by atoms with Gasteiger partial charge in [-0.2, -0.15) is 0 Å². The van der Waals surface area contributed by atoms with E-state index in [1.807, 2.05) is 13.8 Å². The van der Waals surface area contributed by atoms with Crippen LogP contribution in [0.2, 0.25) is 0 Å². The lowest BCUT2D eigenvalue weighted by Gasteiger charge is -2.04. The van der Waals surface area contributed by atoms with Crippen molar-refractivity contribution in [3.05, 3.63) is 16.6 Å². The first-order chi connectivity index (χ1) is 5.20. The van der Waals surface area contributed by atoms with Crippen molar-refractivity contribution < 1.29 is 4.79 Å². The summed E-state index contributed by atoms with van der Waals surface area (Å²) in [4.78, 5) is 14.9. The minimum atomic E-state index is -0.127. The normalized spacial score (nSPS) is 10.1. The van der Waals surface area contributed by atoms with E-state index in [4.69, 9.17) is 0 Å². The van der Waals surface area contributed by atoms with Gasteiger partial charge in [0, 0.05) is 11.4 Å². The molecule has 0 fully saturated rings. The van der Waals surface area contributed by atoms with Crippen LogP contribution in [0.5, 0.6) is 0 Å².